The highest BCUT2D eigenvalue weighted by atomic mass is 35.5. The standard InChI is InChI=1S/C28H25ClN2O4S/c1-2-35-26-9-4-3-8-25(26)31(36(33,34)22-15-13-21(29)14-16-22)18-27(32)30-24-17-12-20-11-10-19-6-5-7-23(24)28(19)20/h3-9,12-17H,2,10-11,18H2,1H3,(H,30,32). The molecule has 0 unspecified atom stereocenters. The van der Waals surface area contributed by atoms with Gasteiger partial charge in [0.25, 0.3) is 10.0 Å². The first-order valence-corrected chi connectivity index (χ1v) is 13.5. The molecule has 6 nitrogen and oxygen atoms in total. The molecule has 0 aromatic heterocycles. The molecule has 5 rings (SSSR count). The summed E-state index contributed by atoms with van der Waals surface area (Å²) in [5.74, 6) is -0.0896. The number of nitrogens with one attached hydrogen (secondary N) is 1. The van der Waals surface area contributed by atoms with Crippen LogP contribution in [-0.4, -0.2) is 27.5 Å². The van der Waals surface area contributed by atoms with Crippen molar-refractivity contribution in [3.05, 3.63) is 95.0 Å². The third-order valence-electron chi connectivity index (χ3n) is 6.27. The molecule has 0 bridgehead atoms. The Balaban J connectivity index is 1.52. The zero-order valence-electron chi connectivity index (χ0n) is 19.7. The average molecular weight is 521 g/mol. The molecule has 0 spiro atoms. The summed E-state index contributed by atoms with van der Waals surface area (Å²) >= 11 is 5.98. The summed E-state index contributed by atoms with van der Waals surface area (Å²) in [5.41, 5.74) is 3.46. The molecule has 0 aliphatic heterocycles. The molecule has 8 heteroatoms. The van der Waals surface area contributed by atoms with Gasteiger partial charge in [0.1, 0.15) is 12.3 Å². The number of hydrogen-bond acceptors (Lipinski definition) is 4. The number of rotatable bonds is 8. The summed E-state index contributed by atoms with van der Waals surface area (Å²) in [7, 11) is -4.11. The maximum absolute atomic E-state index is 13.7. The number of aryl methyl sites for hydroxylation is 2. The molecule has 0 fully saturated rings. The molecule has 0 saturated carbocycles. The first-order valence-electron chi connectivity index (χ1n) is 11.7. The second-order valence-corrected chi connectivity index (χ2v) is 10.8. The average Bonchev–Trinajstić information content (AvgIpc) is 3.30. The molecule has 1 N–H and O–H groups in total. The van der Waals surface area contributed by atoms with Crippen molar-refractivity contribution < 1.29 is 17.9 Å². The minimum absolute atomic E-state index is 0.0244. The number of nitrogens with zero attached hydrogens (tertiary/aromatic N) is 1. The highest BCUT2D eigenvalue weighted by Crippen LogP contribution is 2.36. The van der Waals surface area contributed by atoms with Crippen LogP contribution in [0.15, 0.2) is 83.8 Å². The maximum Gasteiger partial charge on any atom is 0.264 e. The predicted octanol–water partition coefficient (Wildman–Crippen LogP) is 5.82. The van der Waals surface area contributed by atoms with Crippen LogP contribution in [0.5, 0.6) is 5.75 Å². The fourth-order valence-corrected chi connectivity index (χ4v) is 6.21. The second kappa shape index (κ2) is 9.84. The largest absolute Gasteiger partial charge is 0.492 e. The number of carbonyl (C=O) groups is 1. The lowest BCUT2D eigenvalue weighted by Gasteiger charge is -2.26. The lowest BCUT2D eigenvalue weighted by atomic mass is 10.0. The van der Waals surface area contributed by atoms with Crippen LogP contribution in [0.2, 0.25) is 5.02 Å². The Labute approximate surface area is 215 Å². The Kier molecular flexibility index (Phi) is 6.60. The number of amides is 1. The molecule has 36 heavy (non-hydrogen) atoms. The van der Waals surface area contributed by atoms with Gasteiger partial charge in [0.2, 0.25) is 5.91 Å². The van der Waals surface area contributed by atoms with Gasteiger partial charge in [-0.1, -0.05) is 48.0 Å². The third-order valence-corrected chi connectivity index (χ3v) is 8.30. The number of benzene rings is 4. The van der Waals surface area contributed by atoms with Gasteiger partial charge in [-0.25, -0.2) is 8.42 Å². The van der Waals surface area contributed by atoms with Crippen LogP contribution in [0.4, 0.5) is 11.4 Å². The van der Waals surface area contributed by atoms with Gasteiger partial charge in [-0.15, -0.1) is 0 Å². The van der Waals surface area contributed by atoms with E-state index in [0.29, 0.717) is 23.1 Å². The minimum atomic E-state index is -4.11. The van der Waals surface area contributed by atoms with Gasteiger partial charge < -0.3 is 10.1 Å². The normalized spacial score (nSPS) is 12.5. The number of hydrogen-bond donors (Lipinski definition) is 1. The van der Waals surface area contributed by atoms with E-state index in [0.717, 1.165) is 22.5 Å². The SMILES string of the molecule is CCOc1ccccc1N(CC(=O)Nc1ccc2c3c(cccc13)CC2)S(=O)(=O)c1ccc(Cl)cc1. The van der Waals surface area contributed by atoms with Crippen LogP contribution in [-0.2, 0) is 27.7 Å². The van der Waals surface area contributed by atoms with E-state index in [4.69, 9.17) is 16.3 Å². The number of anilines is 2. The number of para-hydroxylation sites is 2. The van der Waals surface area contributed by atoms with Crippen molar-refractivity contribution in [1.82, 2.24) is 0 Å². The Morgan fingerprint density at radius 2 is 1.67 bits per heavy atom. The van der Waals surface area contributed by atoms with E-state index in [9.17, 15) is 13.2 Å². The zero-order chi connectivity index (χ0) is 25.3. The van der Waals surface area contributed by atoms with E-state index in [1.807, 2.05) is 31.2 Å². The van der Waals surface area contributed by atoms with E-state index in [1.54, 1.807) is 24.3 Å². The Bertz CT molecular complexity index is 1540. The molecule has 4 aromatic rings. The molecule has 1 aliphatic rings. The smallest absolute Gasteiger partial charge is 0.264 e. The van der Waals surface area contributed by atoms with Gasteiger partial charge >= 0.3 is 0 Å². The highest BCUT2D eigenvalue weighted by molar-refractivity contribution is 7.92. The molecule has 184 valence electrons. The summed E-state index contributed by atoms with van der Waals surface area (Å²) in [5, 5.41) is 5.49. The van der Waals surface area contributed by atoms with Crippen LogP contribution in [0.1, 0.15) is 18.1 Å². The first-order chi connectivity index (χ1) is 17.4. The number of halogens is 1. The van der Waals surface area contributed by atoms with Crippen LogP contribution >= 0.6 is 11.6 Å². The van der Waals surface area contributed by atoms with Crippen molar-refractivity contribution in [2.45, 2.75) is 24.7 Å². The topological polar surface area (TPSA) is 75.7 Å². The molecule has 0 atom stereocenters. The molecular formula is C28H25ClN2O4S. The maximum atomic E-state index is 13.7. The van der Waals surface area contributed by atoms with Crippen molar-refractivity contribution >= 4 is 49.7 Å². The van der Waals surface area contributed by atoms with Gasteiger partial charge in [0.15, 0.2) is 0 Å². The quantitative estimate of drug-likeness (QED) is 0.317. The second-order valence-electron chi connectivity index (χ2n) is 8.53. The van der Waals surface area contributed by atoms with Crippen molar-refractivity contribution in [2.24, 2.45) is 0 Å². The van der Waals surface area contributed by atoms with Gasteiger partial charge in [-0.2, -0.15) is 0 Å². The monoisotopic (exact) mass is 520 g/mol. The number of carbonyl (C=O) groups excluding carboxylic acids is 1. The van der Waals surface area contributed by atoms with E-state index in [1.165, 1.54) is 40.8 Å². The Morgan fingerprint density at radius 1 is 0.944 bits per heavy atom. The van der Waals surface area contributed by atoms with E-state index in [-0.39, 0.29) is 10.6 Å². The Hall–Kier alpha value is -3.55. The molecule has 0 radical (unpaired) electrons. The highest BCUT2D eigenvalue weighted by Gasteiger charge is 2.30. The fraction of sp³-hybridized carbons (Fsp3) is 0.179. The minimum Gasteiger partial charge on any atom is -0.492 e. The summed E-state index contributed by atoms with van der Waals surface area (Å²) in [6.45, 7) is 1.73. The summed E-state index contributed by atoms with van der Waals surface area (Å²) < 4.78 is 34.3. The molecule has 0 heterocycles. The summed E-state index contributed by atoms with van der Waals surface area (Å²) in [4.78, 5) is 13.4. The van der Waals surface area contributed by atoms with Crippen molar-refractivity contribution in [3.8, 4) is 5.75 Å². The summed E-state index contributed by atoms with van der Waals surface area (Å²) in [6.07, 6.45) is 1.96. The van der Waals surface area contributed by atoms with Gasteiger partial charge in [-0.05, 0) is 78.7 Å². The summed E-state index contributed by atoms with van der Waals surface area (Å²) in [6, 6.07) is 22.6. The van der Waals surface area contributed by atoms with Crippen LogP contribution in [0.3, 0.4) is 0 Å². The van der Waals surface area contributed by atoms with Crippen LogP contribution in [0, 0.1) is 0 Å². The molecule has 1 aliphatic carbocycles. The van der Waals surface area contributed by atoms with Crippen LogP contribution in [0.25, 0.3) is 10.8 Å². The molecular weight excluding hydrogens is 496 g/mol. The van der Waals surface area contributed by atoms with Gasteiger partial charge in [0.05, 0.1) is 17.2 Å². The first kappa shape index (κ1) is 24.2. The van der Waals surface area contributed by atoms with E-state index < -0.39 is 22.5 Å². The van der Waals surface area contributed by atoms with E-state index >= 15 is 0 Å². The lowest BCUT2D eigenvalue weighted by Crippen LogP contribution is -2.38. The lowest BCUT2D eigenvalue weighted by molar-refractivity contribution is -0.114. The van der Waals surface area contributed by atoms with E-state index in [2.05, 4.69) is 11.4 Å². The van der Waals surface area contributed by atoms with Gasteiger partial charge in [0, 0.05) is 16.1 Å². The van der Waals surface area contributed by atoms with Crippen molar-refractivity contribution in [3.63, 3.8) is 0 Å². The molecule has 1 amide bonds. The zero-order valence-corrected chi connectivity index (χ0v) is 21.3. The fourth-order valence-electron chi connectivity index (χ4n) is 4.65. The van der Waals surface area contributed by atoms with Crippen LogP contribution < -0.4 is 14.4 Å². The van der Waals surface area contributed by atoms with Crippen molar-refractivity contribution in [1.29, 1.82) is 0 Å². The number of sulfonamides is 1. The molecule has 4 aromatic carbocycles. The number of ether oxygens (including phenoxy) is 1. The predicted molar refractivity (Wildman–Crippen MR) is 144 cm³/mol. The van der Waals surface area contributed by atoms with Gasteiger partial charge in [-0.3, -0.25) is 9.10 Å². The van der Waals surface area contributed by atoms with Crippen molar-refractivity contribution in [2.75, 3.05) is 22.8 Å². The Morgan fingerprint density at radius 3 is 2.42 bits per heavy atom. The molecule has 0 saturated heterocycles. The third kappa shape index (κ3) is 4.52.